The van der Waals surface area contributed by atoms with Crippen molar-refractivity contribution in [3.63, 3.8) is 0 Å². The summed E-state index contributed by atoms with van der Waals surface area (Å²) in [4.78, 5) is 45.8. The number of hydrazone groups is 1. The summed E-state index contributed by atoms with van der Waals surface area (Å²) >= 11 is 4.67. The third-order valence-electron chi connectivity index (χ3n) is 6.57. The average Bonchev–Trinajstić information content (AvgIpc) is 3.38. The van der Waals surface area contributed by atoms with Crippen LogP contribution in [-0.4, -0.2) is 35.4 Å². The zero-order valence-electron chi connectivity index (χ0n) is 22.5. The van der Waals surface area contributed by atoms with Gasteiger partial charge in [-0.15, -0.1) is 0 Å². The van der Waals surface area contributed by atoms with Gasteiger partial charge in [0.2, 0.25) is 0 Å². The number of benzene rings is 2. The van der Waals surface area contributed by atoms with Crippen LogP contribution in [0.15, 0.2) is 79.2 Å². The fraction of sp³-hybridized carbons (Fsp3) is 0.276. The maximum atomic E-state index is 14.0. The van der Waals surface area contributed by atoms with Gasteiger partial charge in [0.1, 0.15) is 17.7 Å². The number of aromatic nitrogens is 1. The van der Waals surface area contributed by atoms with Crippen molar-refractivity contribution in [2.45, 2.75) is 39.8 Å². The van der Waals surface area contributed by atoms with Crippen LogP contribution < -0.4 is 24.6 Å². The number of fused-ring (bicyclic) bond motifs is 1. The number of thiazole rings is 1. The first-order valence-electron chi connectivity index (χ1n) is 12.6. The van der Waals surface area contributed by atoms with Crippen LogP contribution in [0, 0.1) is 5.92 Å². The first-order valence-corrected chi connectivity index (χ1v) is 14.2. The molecule has 0 saturated carbocycles. The molecule has 0 fully saturated rings. The number of nitrogens with zero attached hydrogens (tertiary/aromatic N) is 4. The molecule has 2 aliphatic heterocycles. The molecular formula is C29H27BrN4O5S. The average molecular weight is 624 g/mol. The summed E-state index contributed by atoms with van der Waals surface area (Å²) in [5.74, 6) is -1.03. The van der Waals surface area contributed by atoms with Gasteiger partial charge in [-0.2, -0.15) is 10.1 Å². The number of ether oxygens (including phenoxy) is 2. The molecule has 0 spiro atoms. The molecule has 2 atom stereocenters. The number of halogens is 1. The molecule has 1 amide bonds. The second-order valence-electron chi connectivity index (χ2n) is 9.65. The Bertz CT molecular complexity index is 1760. The molecule has 0 bridgehead atoms. The van der Waals surface area contributed by atoms with E-state index in [0.717, 1.165) is 15.8 Å². The van der Waals surface area contributed by atoms with Crippen molar-refractivity contribution >= 4 is 56.6 Å². The second kappa shape index (κ2) is 11.0. The minimum atomic E-state index is -0.855. The molecule has 2 aliphatic rings. The van der Waals surface area contributed by atoms with Crippen molar-refractivity contribution < 1.29 is 19.1 Å². The van der Waals surface area contributed by atoms with Gasteiger partial charge in [0.05, 0.1) is 40.4 Å². The molecule has 5 rings (SSSR count). The van der Waals surface area contributed by atoms with Crippen LogP contribution in [0.3, 0.4) is 0 Å². The van der Waals surface area contributed by atoms with Crippen LogP contribution in [0.25, 0.3) is 6.08 Å². The number of hydrogen-bond donors (Lipinski definition) is 0. The number of anilines is 1. The van der Waals surface area contributed by atoms with Crippen molar-refractivity contribution in [2.24, 2.45) is 16.0 Å². The van der Waals surface area contributed by atoms with Crippen molar-refractivity contribution in [1.29, 1.82) is 0 Å². The third-order valence-corrected chi connectivity index (χ3v) is 8.07. The van der Waals surface area contributed by atoms with E-state index >= 15 is 0 Å². The topological polar surface area (TPSA) is 103 Å². The van der Waals surface area contributed by atoms with Gasteiger partial charge < -0.3 is 9.47 Å². The Kier molecular flexibility index (Phi) is 7.61. The molecule has 0 radical (unpaired) electrons. The molecule has 1 aromatic heterocycles. The number of rotatable bonds is 6. The Balaban J connectivity index is 1.67. The number of carbonyl (C=O) groups is 2. The molecule has 0 N–H and O–H groups in total. The van der Waals surface area contributed by atoms with E-state index in [0.29, 0.717) is 37.7 Å². The number of carbonyl (C=O) groups excluding carboxylic acids is 2. The second-order valence-corrected chi connectivity index (χ2v) is 11.6. The van der Waals surface area contributed by atoms with Crippen molar-refractivity contribution in [3.8, 4) is 5.75 Å². The van der Waals surface area contributed by atoms with Crippen LogP contribution in [0.1, 0.15) is 39.3 Å². The maximum absolute atomic E-state index is 14.0. The number of para-hydroxylation sites is 1. The van der Waals surface area contributed by atoms with Crippen molar-refractivity contribution in [3.05, 3.63) is 89.5 Å². The summed E-state index contributed by atoms with van der Waals surface area (Å²) in [5, 5.41) is 5.80. The highest BCUT2D eigenvalue weighted by Gasteiger charge is 2.37. The van der Waals surface area contributed by atoms with Crippen LogP contribution in [-0.2, 0) is 14.3 Å². The lowest BCUT2D eigenvalue weighted by Gasteiger charge is -2.26. The molecule has 0 unspecified atom stereocenters. The fourth-order valence-corrected chi connectivity index (χ4v) is 6.20. The molecule has 206 valence electrons. The summed E-state index contributed by atoms with van der Waals surface area (Å²) in [6, 6.07) is 13.7. The molecule has 3 heterocycles. The molecular weight excluding hydrogens is 596 g/mol. The van der Waals surface area contributed by atoms with Gasteiger partial charge >= 0.3 is 5.97 Å². The minimum Gasteiger partial charge on any atom is -0.496 e. The van der Waals surface area contributed by atoms with Crippen LogP contribution in [0.5, 0.6) is 5.75 Å². The van der Waals surface area contributed by atoms with Crippen LogP contribution in [0.2, 0.25) is 0 Å². The standard InChI is InChI=1S/C29H27BrN4O5S/c1-15(2)39-28(37)24-17(4)31-29-33(25(24)21-13-18(30)11-12-22(21)38-5)27(36)23(40-29)14-20-16(3)32-34(26(20)35)19-9-7-6-8-10-19/h6-15,20,25H,1-5H3/b23-14-/t20-,25+/m1/s1. The van der Waals surface area contributed by atoms with Gasteiger partial charge in [0, 0.05) is 10.0 Å². The van der Waals surface area contributed by atoms with Gasteiger partial charge in [0.15, 0.2) is 4.80 Å². The maximum Gasteiger partial charge on any atom is 0.338 e. The summed E-state index contributed by atoms with van der Waals surface area (Å²) in [7, 11) is 1.53. The molecule has 0 aliphatic carbocycles. The first kappa shape index (κ1) is 27.7. The monoisotopic (exact) mass is 622 g/mol. The molecule has 9 nitrogen and oxygen atoms in total. The van der Waals surface area contributed by atoms with E-state index in [9.17, 15) is 14.4 Å². The van der Waals surface area contributed by atoms with Gasteiger partial charge in [0.25, 0.3) is 11.5 Å². The lowest BCUT2D eigenvalue weighted by atomic mass is 9.95. The highest BCUT2D eigenvalue weighted by atomic mass is 79.9. The van der Waals surface area contributed by atoms with Crippen LogP contribution in [0.4, 0.5) is 5.69 Å². The SMILES string of the molecule is COc1ccc(Br)cc1[C@H]1C(C(=O)OC(C)C)=C(C)N=c2s/c(=C\[C@H]3C(=O)N(c4ccccc4)N=C3C)c(=O)n21. The van der Waals surface area contributed by atoms with E-state index in [-0.39, 0.29) is 23.1 Å². The molecule has 11 heteroatoms. The Labute approximate surface area is 242 Å². The van der Waals surface area contributed by atoms with E-state index in [1.807, 2.05) is 30.3 Å². The lowest BCUT2D eigenvalue weighted by Crippen LogP contribution is -2.40. The highest BCUT2D eigenvalue weighted by molar-refractivity contribution is 9.10. The number of amides is 1. The predicted molar refractivity (Wildman–Crippen MR) is 157 cm³/mol. The first-order chi connectivity index (χ1) is 19.1. The zero-order chi connectivity index (χ0) is 28.7. The third kappa shape index (κ3) is 4.95. The minimum absolute atomic E-state index is 0.244. The number of esters is 1. The van der Waals surface area contributed by atoms with E-state index in [1.165, 1.54) is 16.7 Å². The van der Waals surface area contributed by atoms with Crippen LogP contribution >= 0.6 is 27.3 Å². The van der Waals surface area contributed by atoms with Crippen molar-refractivity contribution in [2.75, 3.05) is 12.1 Å². The zero-order valence-corrected chi connectivity index (χ0v) is 24.9. The Morgan fingerprint density at radius 3 is 2.52 bits per heavy atom. The van der Waals surface area contributed by atoms with E-state index in [1.54, 1.807) is 52.0 Å². The van der Waals surface area contributed by atoms with Crippen molar-refractivity contribution in [1.82, 2.24) is 4.57 Å². The summed E-state index contributed by atoms with van der Waals surface area (Å²) in [6.45, 7) is 7.01. The number of methoxy groups -OCH3 is 1. The van der Waals surface area contributed by atoms with Gasteiger partial charge in [-0.1, -0.05) is 45.5 Å². The van der Waals surface area contributed by atoms with Gasteiger partial charge in [-0.05, 0) is 64.1 Å². The lowest BCUT2D eigenvalue weighted by molar-refractivity contribution is -0.143. The largest absolute Gasteiger partial charge is 0.496 e. The Hall–Kier alpha value is -3.83. The molecule has 2 aromatic carbocycles. The number of hydrogen-bond acceptors (Lipinski definition) is 8. The quantitative estimate of drug-likeness (QED) is 0.387. The summed E-state index contributed by atoms with van der Waals surface area (Å²) in [6.07, 6.45) is 1.26. The summed E-state index contributed by atoms with van der Waals surface area (Å²) in [5.41, 5.74) is 2.12. The van der Waals surface area contributed by atoms with E-state index in [2.05, 4.69) is 26.0 Å². The molecule has 40 heavy (non-hydrogen) atoms. The summed E-state index contributed by atoms with van der Waals surface area (Å²) < 4.78 is 13.8. The molecule has 0 saturated heterocycles. The van der Waals surface area contributed by atoms with E-state index < -0.39 is 17.9 Å². The Morgan fingerprint density at radius 2 is 1.85 bits per heavy atom. The Morgan fingerprint density at radius 1 is 1.12 bits per heavy atom. The normalized spacial score (nSPS) is 19.1. The molecule has 3 aromatic rings. The van der Waals surface area contributed by atoms with E-state index in [4.69, 9.17) is 9.47 Å². The fourth-order valence-electron chi connectivity index (χ4n) is 4.76. The highest BCUT2D eigenvalue weighted by Crippen LogP contribution is 2.37. The smallest absolute Gasteiger partial charge is 0.338 e. The van der Waals surface area contributed by atoms with Gasteiger partial charge in [-0.3, -0.25) is 14.2 Å². The number of allylic oxidation sites excluding steroid dienone is 1. The van der Waals surface area contributed by atoms with Gasteiger partial charge in [-0.25, -0.2) is 9.79 Å². The predicted octanol–water partition coefficient (Wildman–Crippen LogP) is 3.95.